The molecule has 4 fully saturated rings. The molecule has 1 aromatic carbocycles. The number of likely N-dealkylation sites (tertiary alicyclic amines) is 1. The van der Waals surface area contributed by atoms with Gasteiger partial charge in [-0.2, -0.15) is 5.26 Å². The molecule has 3 aliphatic heterocycles. The predicted molar refractivity (Wildman–Crippen MR) is 103 cm³/mol. The van der Waals surface area contributed by atoms with E-state index in [1.165, 1.54) is 0 Å². The highest BCUT2D eigenvalue weighted by Crippen LogP contribution is 2.48. The molecule has 0 aromatic heterocycles. The van der Waals surface area contributed by atoms with Crippen LogP contribution in [0.5, 0.6) is 0 Å². The Bertz CT molecular complexity index is 982. The molecule has 5 rings (SSSR count). The van der Waals surface area contributed by atoms with Crippen LogP contribution in [0.25, 0.3) is 0 Å². The maximum atomic E-state index is 14.2. The maximum Gasteiger partial charge on any atom is 0.257 e. The molecule has 0 spiro atoms. The minimum Gasteiger partial charge on any atom is -0.333 e. The van der Waals surface area contributed by atoms with Gasteiger partial charge in [-0.1, -0.05) is 0 Å². The van der Waals surface area contributed by atoms with Crippen molar-refractivity contribution < 1.29 is 22.8 Å². The third kappa shape index (κ3) is 3.19. The minimum absolute atomic E-state index is 0.123. The van der Waals surface area contributed by atoms with Gasteiger partial charge in [-0.3, -0.25) is 9.59 Å². The van der Waals surface area contributed by atoms with Gasteiger partial charge in [0, 0.05) is 24.2 Å². The van der Waals surface area contributed by atoms with Gasteiger partial charge in [0.2, 0.25) is 5.91 Å². The molecule has 3 saturated heterocycles. The van der Waals surface area contributed by atoms with E-state index in [2.05, 4.69) is 6.07 Å². The number of nitrogens with zero attached hydrogens (tertiary/aromatic N) is 3. The lowest BCUT2D eigenvalue weighted by atomic mass is 9.84. The second kappa shape index (κ2) is 7.23. The van der Waals surface area contributed by atoms with E-state index < -0.39 is 41.0 Å². The van der Waals surface area contributed by atoms with E-state index >= 15 is 0 Å². The van der Waals surface area contributed by atoms with Crippen LogP contribution >= 0.6 is 0 Å². The second-order valence-electron chi connectivity index (χ2n) is 9.29. The number of nitriles is 1. The van der Waals surface area contributed by atoms with Crippen molar-refractivity contribution >= 4 is 11.8 Å². The molecule has 6 nitrogen and oxygen atoms in total. The number of rotatable bonds is 3. The van der Waals surface area contributed by atoms with E-state index in [9.17, 15) is 28.0 Å². The van der Waals surface area contributed by atoms with Crippen molar-refractivity contribution in [3.63, 3.8) is 0 Å². The summed E-state index contributed by atoms with van der Waals surface area (Å²) in [6.45, 7) is 0. The molecule has 0 radical (unpaired) electrons. The van der Waals surface area contributed by atoms with Crippen molar-refractivity contribution in [2.24, 2.45) is 17.6 Å². The standard InChI is InChI=1S/C22H23F3N4O2/c23-16-8-18(25)17(24)7-15(16)21(30)28-12-1-2-13(28)5-11(4-12)20(27)22(31)29-14(9-26)3-10-6-19(10)29/h7-8,10-14,19-20H,1-6,27H2/t10-,12+,13+,14+,19+,20+/m1/s1. The number of hydrogen-bond donors (Lipinski definition) is 1. The van der Waals surface area contributed by atoms with Gasteiger partial charge in [0.05, 0.1) is 17.7 Å². The van der Waals surface area contributed by atoms with Crippen LogP contribution in [0.2, 0.25) is 0 Å². The fourth-order valence-electron chi connectivity index (χ4n) is 5.93. The summed E-state index contributed by atoms with van der Waals surface area (Å²) in [5.41, 5.74) is 5.88. The number of hydrogen-bond acceptors (Lipinski definition) is 4. The minimum atomic E-state index is -1.34. The van der Waals surface area contributed by atoms with Crippen LogP contribution < -0.4 is 5.73 Å². The lowest BCUT2D eigenvalue weighted by Crippen LogP contribution is -2.55. The number of fused-ring (bicyclic) bond motifs is 3. The average Bonchev–Trinajstić information content (AvgIpc) is 3.34. The highest BCUT2D eigenvalue weighted by Gasteiger charge is 2.56. The van der Waals surface area contributed by atoms with Gasteiger partial charge in [0.15, 0.2) is 11.6 Å². The lowest BCUT2D eigenvalue weighted by molar-refractivity contribution is -0.135. The van der Waals surface area contributed by atoms with Gasteiger partial charge >= 0.3 is 0 Å². The summed E-state index contributed by atoms with van der Waals surface area (Å²) in [6.07, 6.45) is 3.98. The van der Waals surface area contributed by atoms with Crippen molar-refractivity contribution in [2.75, 3.05) is 0 Å². The molecular formula is C22H23F3N4O2. The molecule has 2 N–H and O–H groups in total. The Balaban J connectivity index is 1.31. The first-order chi connectivity index (χ1) is 14.8. The monoisotopic (exact) mass is 432 g/mol. The van der Waals surface area contributed by atoms with Gasteiger partial charge < -0.3 is 15.5 Å². The molecule has 1 aliphatic carbocycles. The molecule has 1 aromatic rings. The van der Waals surface area contributed by atoms with E-state index in [4.69, 9.17) is 5.73 Å². The first-order valence-corrected chi connectivity index (χ1v) is 10.7. The summed E-state index contributed by atoms with van der Waals surface area (Å²) in [7, 11) is 0. The topological polar surface area (TPSA) is 90.4 Å². The highest BCUT2D eigenvalue weighted by atomic mass is 19.2. The molecule has 1 saturated carbocycles. The first kappa shape index (κ1) is 20.3. The van der Waals surface area contributed by atoms with E-state index in [1.807, 2.05) is 0 Å². The Morgan fingerprint density at radius 3 is 2.29 bits per heavy atom. The Morgan fingerprint density at radius 2 is 1.65 bits per heavy atom. The van der Waals surface area contributed by atoms with Crippen molar-refractivity contribution in [1.82, 2.24) is 9.80 Å². The zero-order chi connectivity index (χ0) is 22.0. The first-order valence-electron chi connectivity index (χ1n) is 10.7. The van der Waals surface area contributed by atoms with Crippen molar-refractivity contribution in [3.05, 3.63) is 35.1 Å². The molecule has 3 heterocycles. The number of amides is 2. The highest BCUT2D eigenvalue weighted by molar-refractivity contribution is 5.95. The summed E-state index contributed by atoms with van der Waals surface area (Å²) in [6, 6.07) is 1.68. The SMILES string of the molecule is N#C[C@@H]1C[C@@H]2C[C@@H]2N1C(=O)[C@@H](N)C1C[C@@H]2CC[C@@H](C1)N2C(=O)c1cc(F)c(F)cc1F. The van der Waals surface area contributed by atoms with Gasteiger partial charge in [-0.25, -0.2) is 13.2 Å². The zero-order valence-electron chi connectivity index (χ0n) is 16.8. The van der Waals surface area contributed by atoms with Crippen molar-refractivity contribution in [1.29, 1.82) is 5.26 Å². The van der Waals surface area contributed by atoms with Crippen molar-refractivity contribution in [3.8, 4) is 6.07 Å². The molecule has 6 atom stereocenters. The molecule has 164 valence electrons. The molecule has 31 heavy (non-hydrogen) atoms. The van der Waals surface area contributed by atoms with Crippen LogP contribution in [-0.2, 0) is 4.79 Å². The van der Waals surface area contributed by atoms with E-state index in [1.54, 1.807) is 9.80 Å². The Kier molecular flexibility index (Phi) is 4.74. The Labute approximate surface area is 177 Å². The van der Waals surface area contributed by atoms with Gasteiger partial charge in [-0.05, 0) is 56.4 Å². The van der Waals surface area contributed by atoms with E-state index in [0.29, 0.717) is 50.2 Å². The fraction of sp³-hybridized carbons (Fsp3) is 0.591. The fourth-order valence-corrected chi connectivity index (χ4v) is 5.93. The third-order valence-corrected chi connectivity index (χ3v) is 7.55. The zero-order valence-corrected chi connectivity index (χ0v) is 16.8. The van der Waals surface area contributed by atoms with Crippen molar-refractivity contribution in [2.45, 2.75) is 68.7 Å². The number of halogens is 3. The van der Waals surface area contributed by atoms with Crippen LogP contribution in [0.15, 0.2) is 12.1 Å². The van der Waals surface area contributed by atoms with Gasteiger partial charge in [0.1, 0.15) is 11.9 Å². The Hall–Kier alpha value is -2.60. The lowest BCUT2D eigenvalue weighted by Gasteiger charge is -2.41. The van der Waals surface area contributed by atoms with Crippen LogP contribution in [0.4, 0.5) is 13.2 Å². The number of piperidine rings is 2. The van der Waals surface area contributed by atoms with Crippen LogP contribution in [0.1, 0.15) is 48.9 Å². The second-order valence-corrected chi connectivity index (χ2v) is 9.29. The van der Waals surface area contributed by atoms with E-state index in [0.717, 1.165) is 6.42 Å². The summed E-state index contributed by atoms with van der Waals surface area (Å²) in [5.74, 6) is -4.30. The summed E-state index contributed by atoms with van der Waals surface area (Å²) < 4.78 is 41.0. The third-order valence-electron chi connectivity index (χ3n) is 7.55. The average molecular weight is 432 g/mol. The summed E-state index contributed by atoms with van der Waals surface area (Å²) in [5, 5.41) is 9.36. The molecule has 0 unspecified atom stereocenters. The smallest absolute Gasteiger partial charge is 0.257 e. The quantitative estimate of drug-likeness (QED) is 0.743. The molecule has 4 aliphatic rings. The maximum absolute atomic E-state index is 14.2. The summed E-state index contributed by atoms with van der Waals surface area (Å²) >= 11 is 0. The van der Waals surface area contributed by atoms with Gasteiger partial charge in [0.25, 0.3) is 5.91 Å². The number of carbonyl (C=O) groups excluding carboxylic acids is 2. The molecule has 2 bridgehead atoms. The Morgan fingerprint density at radius 1 is 1.00 bits per heavy atom. The van der Waals surface area contributed by atoms with Crippen LogP contribution in [-0.4, -0.2) is 51.8 Å². The normalized spacial score (nSPS) is 34.3. The summed E-state index contributed by atoms with van der Waals surface area (Å²) in [4.78, 5) is 29.2. The van der Waals surface area contributed by atoms with E-state index in [-0.39, 0.29) is 30.0 Å². The van der Waals surface area contributed by atoms with Crippen LogP contribution in [0, 0.1) is 40.6 Å². The predicted octanol–water partition coefficient (Wildman–Crippen LogP) is 2.33. The van der Waals surface area contributed by atoms with Crippen LogP contribution in [0.3, 0.4) is 0 Å². The number of carbonyl (C=O) groups is 2. The number of benzene rings is 1. The number of nitrogens with two attached hydrogens (primary N) is 1. The van der Waals surface area contributed by atoms with Gasteiger partial charge in [-0.15, -0.1) is 0 Å². The molecule has 9 heteroatoms. The molecular weight excluding hydrogens is 409 g/mol. The largest absolute Gasteiger partial charge is 0.333 e. The molecule has 2 amide bonds.